The highest BCUT2D eigenvalue weighted by molar-refractivity contribution is 5.77. The van der Waals surface area contributed by atoms with Crippen molar-refractivity contribution in [3.63, 3.8) is 0 Å². The van der Waals surface area contributed by atoms with E-state index in [4.69, 9.17) is 10.5 Å². The molecule has 0 radical (unpaired) electrons. The van der Waals surface area contributed by atoms with Crippen LogP contribution in [-0.4, -0.2) is 19.1 Å². The Morgan fingerprint density at radius 3 is 2.48 bits per heavy atom. The van der Waals surface area contributed by atoms with E-state index in [1.807, 2.05) is 25.1 Å². The van der Waals surface area contributed by atoms with Crippen LogP contribution in [0.1, 0.15) is 45.6 Å². The van der Waals surface area contributed by atoms with Gasteiger partial charge in [-0.2, -0.15) is 0 Å². The third kappa shape index (κ3) is 5.50. The molecule has 21 heavy (non-hydrogen) atoms. The highest BCUT2D eigenvalue weighted by Gasteiger charge is 2.38. The van der Waals surface area contributed by atoms with Gasteiger partial charge in [-0.25, -0.2) is 0 Å². The van der Waals surface area contributed by atoms with Crippen molar-refractivity contribution >= 4 is 5.97 Å². The fourth-order valence-electron chi connectivity index (χ4n) is 2.90. The predicted octanol–water partition coefficient (Wildman–Crippen LogP) is 3.56. The summed E-state index contributed by atoms with van der Waals surface area (Å²) in [6.45, 7) is 6.87. The number of benzene rings is 1. The quantitative estimate of drug-likeness (QED) is 0.708. The highest BCUT2D eigenvalue weighted by Crippen LogP contribution is 2.33. The van der Waals surface area contributed by atoms with Crippen LogP contribution in [-0.2, 0) is 16.0 Å². The number of nitrogens with two attached hydrogens (primary N) is 1. The van der Waals surface area contributed by atoms with E-state index in [-0.39, 0.29) is 5.97 Å². The largest absolute Gasteiger partial charge is 0.466 e. The lowest BCUT2D eigenvalue weighted by molar-refractivity contribution is -0.156. The van der Waals surface area contributed by atoms with Gasteiger partial charge in [-0.1, -0.05) is 44.2 Å². The van der Waals surface area contributed by atoms with Gasteiger partial charge in [0, 0.05) is 6.54 Å². The number of ether oxygens (including phenoxy) is 1. The molecule has 0 fully saturated rings. The molecule has 1 atom stereocenters. The van der Waals surface area contributed by atoms with Crippen LogP contribution in [0.25, 0.3) is 0 Å². The zero-order chi connectivity index (χ0) is 15.7. The summed E-state index contributed by atoms with van der Waals surface area (Å²) in [5.74, 6) is 0.295. The van der Waals surface area contributed by atoms with E-state index in [0.717, 1.165) is 25.7 Å². The van der Waals surface area contributed by atoms with Crippen LogP contribution in [0.4, 0.5) is 0 Å². The standard InChI is InChI=1S/C18H29NO2/c1-4-21-17(20)18(14-19,13-15(2)3)12-8-11-16-9-6-5-7-10-16/h5-7,9-10,15H,4,8,11-14,19H2,1-3H3. The molecule has 0 saturated heterocycles. The minimum Gasteiger partial charge on any atom is -0.466 e. The van der Waals surface area contributed by atoms with Crippen LogP contribution in [0.5, 0.6) is 0 Å². The summed E-state index contributed by atoms with van der Waals surface area (Å²) in [7, 11) is 0. The first-order valence-corrected chi connectivity index (χ1v) is 7.95. The summed E-state index contributed by atoms with van der Waals surface area (Å²) in [6.07, 6.45) is 3.50. The van der Waals surface area contributed by atoms with Crippen molar-refractivity contribution in [2.45, 2.75) is 46.5 Å². The fourth-order valence-corrected chi connectivity index (χ4v) is 2.90. The minimum absolute atomic E-state index is 0.130. The van der Waals surface area contributed by atoms with Crippen molar-refractivity contribution in [3.05, 3.63) is 35.9 Å². The number of carbonyl (C=O) groups is 1. The Morgan fingerprint density at radius 1 is 1.29 bits per heavy atom. The second kappa shape index (κ2) is 8.83. The molecule has 0 aliphatic rings. The third-order valence-corrected chi connectivity index (χ3v) is 3.86. The molecule has 0 aliphatic heterocycles. The predicted molar refractivity (Wildman–Crippen MR) is 87.0 cm³/mol. The molecule has 0 aromatic heterocycles. The Balaban J connectivity index is 2.69. The smallest absolute Gasteiger partial charge is 0.313 e. The van der Waals surface area contributed by atoms with Crippen LogP contribution in [0.3, 0.4) is 0 Å². The molecule has 1 aromatic carbocycles. The first kappa shape index (κ1) is 17.7. The van der Waals surface area contributed by atoms with Crippen molar-refractivity contribution in [3.8, 4) is 0 Å². The summed E-state index contributed by atoms with van der Waals surface area (Å²) >= 11 is 0. The summed E-state index contributed by atoms with van der Waals surface area (Å²) in [4.78, 5) is 12.4. The fraction of sp³-hybridized carbons (Fsp3) is 0.611. The molecule has 0 amide bonds. The maximum Gasteiger partial charge on any atom is 0.313 e. The molecule has 0 saturated carbocycles. The van der Waals surface area contributed by atoms with E-state index < -0.39 is 5.41 Å². The minimum atomic E-state index is -0.529. The number of hydrogen-bond acceptors (Lipinski definition) is 3. The van der Waals surface area contributed by atoms with Gasteiger partial charge in [-0.05, 0) is 44.1 Å². The molecule has 118 valence electrons. The molecule has 0 heterocycles. The van der Waals surface area contributed by atoms with Gasteiger partial charge in [0.15, 0.2) is 0 Å². The summed E-state index contributed by atoms with van der Waals surface area (Å²) in [6, 6.07) is 10.4. The molecule has 0 spiro atoms. The van der Waals surface area contributed by atoms with Gasteiger partial charge in [-0.15, -0.1) is 0 Å². The Kier molecular flexibility index (Phi) is 7.44. The van der Waals surface area contributed by atoms with Crippen LogP contribution < -0.4 is 5.73 Å². The second-order valence-corrected chi connectivity index (χ2v) is 6.14. The Bertz CT molecular complexity index is 416. The van der Waals surface area contributed by atoms with Gasteiger partial charge < -0.3 is 10.5 Å². The zero-order valence-corrected chi connectivity index (χ0v) is 13.6. The molecule has 1 rings (SSSR count). The number of hydrogen-bond donors (Lipinski definition) is 1. The molecular weight excluding hydrogens is 262 g/mol. The van der Waals surface area contributed by atoms with Crippen molar-refractivity contribution in [2.75, 3.05) is 13.2 Å². The van der Waals surface area contributed by atoms with E-state index in [2.05, 4.69) is 26.0 Å². The second-order valence-electron chi connectivity index (χ2n) is 6.14. The van der Waals surface area contributed by atoms with E-state index in [1.165, 1.54) is 5.56 Å². The summed E-state index contributed by atoms with van der Waals surface area (Å²) in [5.41, 5.74) is 6.74. The molecule has 2 N–H and O–H groups in total. The van der Waals surface area contributed by atoms with Crippen LogP contribution in [0.2, 0.25) is 0 Å². The average molecular weight is 291 g/mol. The van der Waals surface area contributed by atoms with Gasteiger partial charge in [0.1, 0.15) is 0 Å². The van der Waals surface area contributed by atoms with E-state index in [1.54, 1.807) is 0 Å². The molecule has 0 bridgehead atoms. The van der Waals surface area contributed by atoms with Crippen molar-refractivity contribution in [1.29, 1.82) is 0 Å². The third-order valence-electron chi connectivity index (χ3n) is 3.86. The number of esters is 1. The van der Waals surface area contributed by atoms with Crippen LogP contribution in [0.15, 0.2) is 30.3 Å². The van der Waals surface area contributed by atoms with Crippen molar-refractivity contribution in [2.24, 2.45) is 17.1 Å². The molecule has 3 heteroatoms. The first-order chi connectivity index (χ1) is 10.0. The van der Waals surface area contributed by atoms with Crippen molar-refractivity contribution < 1.29 is 9.53 Å². The monoisotopic (exact) mass is 291 g/mol. The molecule has 3 nitrogen and oxygen atoms in total. The van der Waals surface area contributed by atoms with Gasteiger partial charge >= 0.3 is 5.97 Å². The Morgan fingerprint density at radius 2 is 1.95 bits per heavy atom. The van der Waals surface area contributed by atoms with Gasteiger partial charge in [0.2, 0.25) is 0 Å². The molecular formula is C18H29NO2. The lowest BCUT2D eigenvalue weighted by Gasteiger charge is -2.31. The van der Waals surface area contributed by atoms with Crippen LogP contribution >= 0.6 is 0 Å². The first-order valence-electron chi connectivity index (χ1n) is 7.95. The number of rotatable bonds is 9. The maximum atomic E-state index is 12.4. The Labute approximate surface area is 128 Å². The van der Waals surface area contributed by atoms with Gasteiger partial charge in [0.25, 0.3) is 0 Å². The highest BCUT2D eigenvalue weighted by atomic mass is 16.5. The van der Waals surface area contributed by atoms with E-state index >= 15 is 0 Å². The van der Waals surface area contributed by atoms with Crippen LogP contribution in [0, 0.1) is 11.3 Å². The zero-order valence-electron chi connectivity index (χ0n) is 13.6. The molecule has 1 aromatic rings. The maximum absolute atomic E-state index is 12.4. The number of aryl methyl sites for hydroxylation is 1. The molecule has 0 aliphatic carbocycles. The molecule has 1 unspecified atom stereocenters. The topological polar surface area (TPSA) is 52.3 Å². The van der Waals surface area contributed by atoms with Crippen molar-refractivity contribution in [1.82, 2.24) is 0 Å². The van der Waals surface area contributed by atoms with Gasteiger partial charge in [-0.3, -0.25) is 4.79 Å². The van der Waals surface area contributed by atoms with E-state index in [9.17, 15) is 4.79 Å². The van der Waals surface area contributed by atoms with Gasteiger partial charge in [0.05, 0.1) is 12.0 Å². The lowest BCUT2D eigenvalue weighted by atomic mass is 9.76. The normalized spacial score (nSPS) is 14.0. The lowest BCUT2D eigenvalue weighted by Crippen LogP contribution is -2.41. The average Bonchev–Trinajstić information content (AvgIpc) is 2.47. The SMILES string of the molecule is CCOC(=O)C(CN)(CCCc1ccccc1)CC(C)C. The Hall–Kier alpha value is -1.35. The summed E-state index contributed by atoms with van der Waals surface area (Å²) in [5, 5.41) is 0. The van der Waals surface area contributed by atoms with E-state index in [0.29, 0.717) is 19.1 Å². The number of carbonyl (C=O) groups excluding carboxylic acids is 1. The summed E-state index contributed by atoms with van der Waals surface area (Å²) < 4.78 is 5.28.